The van der Waals surface area contributed by atoms with Crippen LogP contribution in [-0.2, 0) is 4.79 Å². The molecule has 3 rings (SSSR count). The maximum atomic E-state index is 12.0. The van der Waals surface area contributed by atoms with Gasteiger partial charge in [0.2, 0.25) is 12.4 Å². The molecule has 0 N–H and O–H groups in total. The van der Waals surface area contributed by atoms with Crippen LogP contribution >= 0.6 is 0 Å². The Morgan fingerprint density at radius 2 is 1.41 bits per heavy atom. The first-order valence-electron chi connectivity index (χ1n) is 9.15. The second-order valence-corrected chi connectivity index (χ2v) is 6.64. The molecule has 0 spiro atoms. The first kappa shape index (κ1) is 18.6. The smallest absolute Gasteiger partial charge is 0.224 e. The molecule has 0 aromatic heterocycles. The van der Waals surface area contributed by atoms with Gasteiger partial charge in [-0.3, -0.25) is 0 Å². The number of para-hydroxylation sites is 2. The molecule has 0 bridgehead atoms. The molecule has 0 saturated carbocycles. The summed E-state index contributed by atoms with van der Waals surface area (Å²) in [5, 5.41) is 0. The Balaban J connectivity index is 1.92. The first-order chi connectivity index (χ1) is 13.2. The molecular weight excluding hydrogens is 332 g/mol. The molecule has 0 aliphatic carbocycles. The van der Waals surface area contributed by atoms with Gasteiger partial charge in [0.15, 0.2) is 0 Å². The lowest BCUT2D eigenvalue weighted by atomic mass is 9.92. The van der Waals surface area contributed by atoms with Crippen molar-refractivity contribution in [3.63, 3.8) is 0 Å². The minimum Gasteiger partial charge on any atom is -0.313 e. The number of nitrogens with zero attached hydrogens (tertiary/aromatic N) is 2. The van der Waals surface area contributed by atoms with Crippen LogP contribution in [0.25, 0.3) is 0 Å². The fraction of sp³-hybridized carbons (Fsp3) is 0.167. The minimum atomic E-state index is -0.226. The van der Waals surface area contributed by atoms with Crippen LogP contribution in [-0.4, -0.2) is 30.3 Å². The SMILES string of the molecule is C=[N+](CN(c1ccccc1)C(C)C(C=O)c1ccccc1)c1ccccc1. The van der Waals surface area contributed by atoms with E-state index < -0.39 is 0 Å². The highest BCUT2D eigenvalue weighted by Gasteiger charge is 2.27. The maximum absolute atomic E-state index is 12.0. The Hall–Kier alpha value is -3.20. The van der Waals surface area contributed by atoms with Gasteiger partial charge in [-0.05, 0) is 24.6 Å². The lowest BCUT2D eigenvalue weighted by Crippen LogP contribution is -2.41. The van der Waals surface area contributed by atoms with Crippen LogP contribution in [0.5, 0.6) is 0 Å². The van der Waals surface area contributed by atoms with Crippen LogP contribution in [0.4, 0.5) is 11.4 Å². The molecule has 0 radical (unpaired) electrons. The Kier molecular flexibility index (Phi) is 6.16. The second kappa shape index (κ2) is 8.95. The number of anilines is 1. The van der Waals surface area contributed by atoms with E-state index in [4.69, 9.17) is 0 Å². The van der Waals surface area contributed by atoms with E-state index in [1.54, 1.807) is 0 Å². The molecule has 27 heavy (non-hydrogen) atoms. The van der Waals surface area contributed by atoms with Gasteiger partial charge < -0.3 is 9.69 Å². The molecule has 0 fully saturated rings. The molecule has 136 valence electrons. The van der Waals surface area contributed by atoms with Crippen molar-refractivity contribution in [1.29, 1.82) is 0 Å². The summed E-state index contributed by atoms with van der Waals surface area (Å²) in [6, 6.07) is 30.2. The molecule has 0 heterocycles. The van der Waals surface area contributed by atoms with Crippen molar-refractivity contribution in [1.82, 2.24) is 0 Å². The van der Waals surface area contributed by atoms with Crippen LogP contribution < -0.4 is 4.90 Å². The molecule has 0 amide bonds. The minimum absolute atomic E-state index is 0.0275. The highest BCUT2D eigenvalue weighted by atomic mass is 16.1. The summed E-state index contributed by atoms with van der Waals surface area (Å²) in [7, 11) is 0. The standard InChI is InChI=1S/C24H25N2O/c1-20(24(18-27)21-12-6-3-7-13-21)26(23-16-10-5-11-17-23)19-25(2)22-14-8-4-9-15-22/h3-18,20,24H,2,19H2,1H3/q+1. The number of rotatable bonds is 8. The third-order valence-corrected chi connectivity index (χ3v) is 4.87. The Bertz CT molecular complexity index is 863. The lowest BCUT2D eigenvalue weighted by molar-refractivity contribution is -0.431. The summed E-state index contributed by atoms with van der Waals surface area (Å²) in [6.45, 7) is 6.89. The van der Waals surface area contributed by atoms with Crippen molar-refractivity contribution < 1.29 is 9.37 Å². The number of benzene rings is 3. The van der Waals surface area contributed by atoms with Crippen molar-refractivity contribution >= 4 is 24.4 Å². The van der Waals surface area contributed by atoms with Gasteiger partial charge in [0.05, 0.1) is 5.92 Å². The van der Waals surface area contributed by atoms with Crippen molar-refractivity contribution in [3.05, 3.63) is 96.6 Å². The van der Waals surface area contributed by atoms with E-state index in [0.29, 0.717) is 6.67 Å². The summed E-state index contributed by atoms with van der Waals surface area (Å²) in [6.07, 6.45) is 1.05. The van der Waals surface area contributed by atoms with Gasteiger partial charge in [-0.1, -0.05) is 66.7 Å². The van der Waals surface area contributed by atoms with Crippen LogP contribution in [0.3, 0.4) is 0 Å². The normalized spacial score (nSPS) is 12.8. The summed E-state index contributed by atoms with van der Waals surface area (Å²) in [5.41, 5.74) is 3.13. The molecule has 3 nitrogen and oxygen atoms in total. The zero-order chi connectivity index (χ0) is 19.1. The van der Waals surface area contributed by atoms with E-state index in [-0.39, 0.29) is 12.0 Å². The maximum Gasteiger partial charge on any atom is 0.224 e. The predicted octanol–water partition coefficient (Wildman–Crippen LogP) is 4.87. The van der Waals surface area contributed by atoms with Crippen molar-refractivity contribution in [2.24, 2.45) is 0 Å². The van der Waals surface area contributed by atoms with Crippen LogP contribution in [0, 0.1) is 0 Å². The first-order valence-corrected chi connectivity index (χ1v) is 9.15. The van der Waals surface area contributed by atoms with Crippen LogP contribution in [0.1, 0.15) is 18.4 Å². The summed E-state index contributed by atoms with van der Waals surface area (Å²) in [4.78, 5) is 14.2. The lowest BCUT2D eigenvalue weighted by Gasteiger charge is -2.32. The largest absolute Gasteiger partial charge is 0.313 e. The Morgan fingerprint density at radius 3 is 1.96 bits per heavy atom. The number of hydrogen-bond acceptors (Lipinski definition) is 2. The topological polar surface area (TPSA) is 23.3 Å². The van der Waals surface area contributed by atoms with Crippen molar-refractivity contribution in [3.8, 4) is 0 Å². The Labute approximate surface area is 161 Å². The zero-order valence-electron chi connectivity index (χ0n) is 15.6. The van der Waals surface area contributed by atoms with Crippen molar-refractivity contribution in [2.75, 3.05) is 11.6 Å². The van der Waals surface area contributed by atoms with E-state index >= 15 is 0 Å². The van der Waals surface area contributed by atoms with Gasteiger partial charge >= 0.3 is 0 Å². The monoisotopic (exact) mass is 357 g/mol. The molecule has 2 atom stereocenters. The highest BCUT2D eigenvalue weighted by molar-refractivity contribution is 5.65. The molecular formula is C24H25N2O+. The van der Waals surface area contributed by atoms with E-state index in [0.717, 1.165) is 23.2 Å². The van der Waals surface area contributed by atoms with Crippen LogP contribution in [0.15, 0.2) is 91.0 Å². The van der Waals surface area contributed by atoms with Gasteiger partial charge in [0.25, 0.3) is 0 Å². The fourth-order valence-electron chi connectivity index (χ4n) is 3.31. The van der Waals surface area contributed by atoms with E-state index in [1.165, 1.54) is 0 Å². The molecule has 0 saturated heterocycles. The van der Waals surface area contributed by atoms with Gasteiger partial charge in [0, 0.05) is 23.9 Å². The van der Waals surface area contributed by atoms with Crippen LogP contribution in [0.2, 0.25) is 0 Å². The number of aldehydes is 1. The molecule has 0 aliphatic heterocycles. The molecule has 3 heteroatoms. The molecule has 3 aromatic carbocycles. The average Bonchev–Trinajstić information content (AvgIpc) is 2.74. The second-order valence-electron chi connectivity index (χ2n) is 6.64. The third kappa shape index (κ3) is 4.50. The quantitative estimate of drug-likeness (QED) is 0.249. The predicted molar refractivity (Wildman–Crippen MR) is 112 cm³/mol. The molecule has 2 unspecified atom stereocenters. The summed E-state index contributed by atoms with van der Waals surface area (Å²) in [5.74, 6) is -0.226. The van der Waals surface area contributed by atoms with Gasteiger partial charge in [-0.25, -0.2) is 0 Å². The molecule has 3 aromatic rings. The highest BCUT2D eigenvalue weighted by Crippen LogP contribution is 2.27. The third-order valence-electron chi connectivity index (χ3n) is 4.87. The number of carbonyl (C=O) groups excluding carboxylic acids is 1. The fourth-order valence-corrected chi connectivity index (χ4v) is 3.31. The van der Waals surface area contributed by atoms with E-state index in [2.05, 4.69) is 30.7 Å². The summed E-state index contributed by atoms with van der Waals surface area (Å²) < 4.78 is 1.95. The van der Waals surface area contributed by atoms with Gasteiger partial charge in [0.1, 0.15) is 13.0 Å². The average molecular weight is 357 g/mol. The number of hydrogen-bond donors (Lipinski definition) is 0. The zero-order valence-corrected chi connectivity index (χ0v) is 15.6. The van der Waals surface area contributed by atoms with Crippen molar-refractivity contribution in [2.45, 2.75) is 18.9 Å². The van der Waals surface area contributed by atoms with Gasteiger partial charge in [-0.15, -0.1) is 0 Å². The molecule has 0 aliphatic rings. The Morgan fingerprint density at radius 1 is 0.889 bits per heavy atom. The van der Waals surface area contributed by atoms with E-state index in [9.17, 15) is 4.79 Å². The summed E-state index contributed by atoms with van der Waals surface area (Å²) >= 11 is 0. The number of carbonyl (C=O) groups is 1. The van der Waals surface area contributed by atoms with E-state index in [1.807, 2.05) is 83.4 Å². The van der Waals surface area contributed by atoms with Gasteiger partial charge in [-0.2, -0.15) is 4.58 Å².